The van der Waals surface area contributed by atoms with Crippen LogP contribution in [-0.2, 0) is 11.2 Å². The fourth-order valence-corrected chi connectivity index (χ4v) is 4.49. The second-order valence-electron chi connectivity index (χ2n) is 8.07. The van der Waals surface area contributed by atoms with Gasteiger partial charge in [0.1, 0.15) is 5.82 Å². The molecule has 158 valence electrons. The van der Waals surface area contributed by atoms with E-state index in [1.807, 2.05) is 18.2 Å². The topological polar surface area (TPSA) is 84.3 Å². The van der Waals surface area contributed by atoms with Crippen molar-refractivity contribution >= 4 is 11.8 Å². The van der Waals surface area contributed by atoms with Crippen LogP contribution < -0.4 is 10.1 Å². The van der Waals surface area contributed by atoms with Gasteiger partial charge in [0.15, 0.2) is 11.6 Å². The Labute approximate surface area is 179 Å². The van der Waals surface area contributed by atoms with E-state index in [1.54, 1.807) is 18.5 Å². The molecule has 0 spiro atoms. The normalized spacial score (nSPS) is 21.4. The molecule has 1 heterocycles. The highest BCUT2D eigenvalue weighted by Crippen LogP contribution is 2.46. The summed E-state index contributed by atoms with van der Waals surface area (Å²) < 4.78 is 19.3. The van der Waals surface area contributed by atoms with Gasteiger partial charge < -0.3 is 15.2 Å². The fourth-order valence-electron chi connectivity index (χ4n) is 4.49. The number of rotatable bonds is 6. The van der Waals surface area contributed by atoms with Gasteiger partial charge in [-0.2, -0.15) is 0 Å². The molecular weight excluding hydrogens is 397 g/mol. The molecule has 2 aromatic carbocycles. The van der Waals surface area contributed by atoms with E-state index in [4.69, 9.17) is 9.84 Å². The molecule has 0 unspecified atom stereocenters. The summed E-state index contributed by atoms with van der Waals surface area (Å²) >= 11 is 0. The highest BCUT2D eigenvalue weighted by molar-refractivity contribution is 5.75. The molecular formula is C24H22FN3O3. The second kappa shape index (κ2) is 7.65. The van der Waals surface area contributed by atoms with Crippen LogP contribution in [0.1, 0.15) is 41.6 Å². The molecule has 0 amide bonds. The van der Waals surface area contributed by atoms with Crippen LogP contribution in [0.2, 0.25) is 0 Å². The molecule has 1 saturated carbocycles. The number of halogens is 1. The molecule has 3 aromatic rings. The first-order valence-corrected chi connectivity index (χ1v) is 10.3. The Morgan fingerprint density at radius 3 is 2.77 bits per heavy atom. The van der Waals surface area contributed by atoms with Crippen molar-refractivity contribution < 1.29 is 19.0 Å². The first-order valence-electron chi connectivity index (χ1n) is 10.3. The van der Waals surface area contributed by atoms with Crippen molar-refractivity contribution in [3.8, 4) is 16.9 Å². The maximum Gasteiger partial charge on any atom is 0.307 e. The molecule has 3 atom stereocenters. The predicted octanol–water partition coefficient (Wildman–Crippen LogP) is 4.58. The maximum absolute atomic E-state index is 14.2. The quantitative estimate of drug-likeness (QED) is 0.609. The van der Waals surface area contributed by atoms with E-state index < -0.39 is 5.97 Å². The SMILES string of the molecule is COc1ccc(-c2cccc3c2CC[C@H]3Nc2cnc([C@@H]3C[C@H]3C(=O)O)cn2)cc1F. The molecule has 6 nitrogen and oxygen atoms in total. The van der Waals surface area contributed by atoms with Crippen molar-refractivity contribution in [3.63, 3.8) is 0 Å². The number of aromatic nitrogens is 2. The number of ether oxygens (including phenoxy) is 1. The van der Waals surface area contributed by atoms with Crippen LogP contribution in [0.5, 0.6) is 5.75 Å². The van der Waals surface area contributed by atoms with Crippen LogP contribution in [-0.4, -0.2) is 28.2 Å². The van der Waals surface area contributed by atoms with E-state index >= 15 is 0 Å². The van der Waals surface area contributed by atoms with Crippen LogP contribution >= 0.6 is 0 Å². The number of carboxylic acids is 1. The maximum atomic E-state index is 14.2. The molecule has 2 aliphatic rings. The zero-order valence-electron chi connectivity index (χ0n) is 17.0. The standard InChI is InChI=1S/C24H22FN3O3/c1-31-22-8-5-13(9-19(22)25)14-3-2-4-16-15(14)6-7-20(16)28-23-12-26-21(11-27-23)17-10-18(17)24(29)30/h2-5,8-9,11-12,17-18,20H,6-7,10H2,1H3,(H,27,28)(H,29,30)/t17-,18-,20-/m1/s1. The number of methoxy groups -OCH3 is 1. The number of fused-ring (bicyclic) bond motifs is 1. The fraction of sp³-hybridized carbons (Fsp3) is 0.292. The van der Waals surface area contributed by atoms with Gasteiger partial charge in [0.2, 0.25) is 0 Å². The number of hydrogen-bond acceptors (Lipinski definition) is 5. The lowest BCUT2D eigenvalue weighted by atomic mass is 9.96. The minimum atomic E-state index is -0.774. The second-order valence-corrected chi connectivity index (χ2v) is 8.07. The average Bonchev–Trinajstić information content (AvgIpc) is 3.49. The third-order valence-electron chi connectivity index (χ3n) is 6.21. The van der Waals surface area contributed by atoms with Crippen LogP contribution in [0.15, 0.2) is 48.8 Å². The van der Waals surface area contributed by atoms with Crippen molar-refractivity contribution in [3.05, 3.63) is 71.4 Å². The van der Waals surface area contributed by atoms with E-state index in [2.05, 4.69) is 21.4 Å². The van der Waals surface area contributed by atoms with E-state index in [0.717, 1.165) is 29.7 Å². The number of benzene rings is 2. The third kappa shape index (κ3) is 3.60. The predicted molar refractivity (Wildman–Crippen MR) is 114 cm³/mol. The van der Waals surface area contributed by atoms with Gasteiger partial charge in [-0.15, -0.1) is 0 Å². The van der Waals surface area contributed by atoms with E-state index in [0.29, 0.717) is 12.2 Å². The van der Waals surface area contributed by atoms with Gasteiger partial charge in [-0.05, 0) is 53.6 Å². The molecule has 1 fully saturated rings. The molecule has 31 heavy (non-hydrogen) atoms. The van der Waals surface area contributed by atoms with Crippen molar-refractivity contribution in [1.82, 2.24) is 9.97 Å². The van der Waals surface area contributed by atoms with Crippen LogP contribution in [0.25, 0.3) is 11.1 Å². The van der Waals surface area contributed by atoms with Crippen LogP contribution in [0, 0.1) is 11.7 Å². The Morgan fingerprint density at radius 1 is 1.23 bits per heavy atom. The molecule has 5 rings (SSSR count). The summed E-state index contributed by atoms with van der Waals surface area (Å²) in [4.78, 5) is 19.9. The molecule has 0 aliphatic heterocycles. The lowest BCUT2D eigenvalue weighted by Gasteiger charge is -2.16. The van der Waals surface area contributed by atoms with Gasteiger partial charge in [0.25, 0.3) is 0 Å². The number of hydrogen-bond donors (Lipinski definition) is 2. The Balaban J connectivity index is 1.35. The molecule has 7 heteroatoms. The lowest BCUT2D eigenvalue weighted by Crippen LogP contribution is -2.09. The van der Waals surface area contributed by atoms with E-state index in [1.165, 1.54) is 24.3 Å². The summed E-state index contributed by atoms with van der Waals surface area (Å²) in [5.74, 6) is -0.617. The Kier molecular flexibility index (Phi) is 4.81. The number of anilines is 1. The van der Waals surface area contributed by atoms with Crippen LogP contribution in [0.3, 0.4) is 0 Å². The van der Waals surface area contributed by atoms with Crippen molar-refractivity contribution in [1.29, 1.82) is 0 Å². The summed E-state index contributed by atoms with van der Waals surface area (Å²) in [5.41, 5.74) is 4.97. The van der Waals surface area contributed by atoms with Crippen molar-refractivity contribution in [2.24, 2.45) is 5.92 Å². The zero-order chi connectivity index (χ0) is 21.5. The van der Waals surface area contributed by atoms with Gasteiger partial charge >= 0.3 is 5.97 Å². The molecule has 2 aliphatic carbocycles. The Hall–Kier alpha value is -3.48. The van der Waals surface area contributed by atoms with Gasteiger partial charge in [-0.25, -0.2) is 9.37 Å². The number of carbonyl (C=O) groups is 1. The average molecular weight is 419 g/mol. The lowest BCUT2D eigenvalue weighted by molar-refractivity contribution is -0.138. The number of aliphatic carboxylic acids is 1. The minimum absolute atomic E-state index is 0.0290. The minimum Gasteiger partial charge on any atom is -0.494 e. The summed E-state index contributed by atoms with van der Waals surface area (Å²) in [5, 5.41) is 12.5. The van der Waals surface area contributed by atoms with E-state index in [9.17, 15) is 9.18 Å². The Bertz CT molecular complexity index is 1150. The first kappa shape index (κ1) is 19.5. The molecule has 0 radical (unpaired) electrons. The largest absolute Gasteiger partial charge is 0.494 e. The third-order valence-corrected chi connectivity index (χ3v) is 6.21. The summed E-state index contributed by atoms with van der Waals surface area (Å²) in [6.07, 6.45) is 5.75. The van der Waals surface area contributed by atoms with Gasteiger partial charge in [0.05, 0.1) is 37.2 Å². The first-order chi connectivity index (χ1) is 15.0. The Morgan fingerprint density at radius 2 is 2.10 bits per heavy atom. The smallest absolute Gasteiger partial charge is 0.307 e. The molecule has 1 aromatic heterocycles. The molecule has 0 saturated heterocycles. The number of nitrogens with one attached hydrogen (secondary N) is 1. The number of carboxylic acid groups (broad SMARTS) is 1. The highest BCUT2D eigenvalue weighted by atomic mass is 19.1. The van der Waals surface area contributed by atoms with Gasteiger partial charge in [0, 0.05) is 5.92 Å². The summed E-state index contributed by atoms with van der Waals surface area (Å²) in [6, 6.07) is 11.2. The van der Waals surface area contributed by atoms with Crippen molar-refractivity contribution in [2.45, 2.75) is 31.2 Å². The van der Waals surface area contributed by atoms with Crippen LogP contribution in [0.4, 0.5) is 10.2 Å². The van der Waals surface area contributed by atoms with Crippen molar-refractivity contribution in [2.75, 3.05) is 12.4 Å². The van der Waals surface area contributed by atoms with Gasteiger partial charge in [-0.3, -0.25) is 9.78 Å². The summed E-state index contributed by atoms with van der Waals surface area (Å²) in [7, 11) is 1.46. The summed E-state index contributed by atoms with van der Waals surface area (Å²) in [6.45, 7) is 0. The monoisotopic (exact) mass is 419 g/mol. The number of nitrogens with zero attached hydrogens (tertiary/aromatic N) is 2. The zero-order valence-corrected chi connectivity index (χ0v) is 17.0. The van der Waals surface area contributed by atoms with Gasteiger partial charge in [-0.1, -0.05) is 24.3 Å². The highest BCUT2D eigenvalue weighted by Gasteiger charge is 2.45. The molecule has 2 N–H and O–H groups in total. The molecule has 0 bridgehead atoms. The van der Waals surface area contributed by atoms with E-state index in [-0.39, 0.29) is 29.4 Å².